The number of aryl methyl sites for hydroxylation is 1. The largest absolute Gasteiger partial charge is 0.481 e. The van der Waals surface area contributed by atoms with Crippen LogP contribution < -0.4 is 9.64 Å². The third-order valence-electron chi connectivity index (χ3n) is 7.79. The SMILES string of the molecule is COC(=O)N1c2ccc3c(nc(Cc4cccc(OC(C)C)n4)n3C3CCC(C(=O)O)CC3)c2CC[C@@H]1C. The number of hydrogen-bond acceptors (Lipinski definition) is 6. The Morgan fingerprint density at radius 2 is 1.84 bits per heavy atom. The molecule has 1 aliphatic heterocycles. The molecule has 1 aliphatic carbocycles. The first-order chi connectivity index (χ1) is 18.3. The van der Waals surface area contributed by atoms with Crippen molar-refractivity contribution < 1.29 is 24.2 Å². The van der Waals surface area contributed by atoms with Crippen molar-refractivity contribution in [3.8, 4) is 5.88 Å². The van der Waals surface area contributed by atoms with Crippen LogP contribution >= 0.6 is 0 Å². The highest BCUT2D eigenvalue weighted by molar-refractivity contribution is 5.95. The van der Waals surface area contributed by atoms with E-state index in [0.29, 0.717) is 25.1 Å². The van der Waals surface area contributed by atoms with E-state index in [1.165, 1.54) is 7.11 Å². The monoisotopic (exact) mass is 520 g/mol. The van der Waals surface area contributed by atoms with E-state index in [1.54, 1.807) is 4.90 Å². The molecule has 1 N–H and O–H groups in total. The predicted molar refractivity (Wildman–Crippen MR) is 144 cm³/mol. The van der Waals surface area contributed by atoms with Gasteiger partial charge < -0.3 is 19.1 Å². The lowest BCUT2D eigenvalue weighted by molar-refractivity contribution is -0.143. The van der Waals surface area contributed by atoms with Gasteiger partial charge in [-0.25, -0.2) is 14.8 Å². The summed E-state index contributed by atoms with van der Waals surface area (Å²) >= 11 is 0. The van der Waals surface area contributed by atoms with Crippen LogP contribution in [-0.2, 0) is 22.4 Å². The number of fused-ring (bicyclic) bond motifs is 3. The van der Waals surface area contributed by atoms with Gasteiger partial charge in [-0.2, -0.15) is 0 Å². The van der Waals surface area contributed by atoms with Gasteiger partial charge in [0.15, 0.2) is 0 Å². The molecule has 1 fully saturated rings. The summed E-state index contributed by atoms with van der Waals surface area (Å²) in [6.45, 7) is 5.98. The molecule has 0 unspecified atom stereocenters. The average molecular weight is 521 g/mol. The Kier molecular flexibility index (Phi) is 7.27. The second kappa shape index (κ2) is 10.6. The molecule has 1 atom stereocenters. The van der Waals surface area contributed by atoms with Gasteiger partial charge in [0.25, 0.3) is 0 Å². The third-order valence-corrected chi connectivity index (χ3v) is 7.79. The third kappa shape index (κ3) is 4.93. The molecule has 3 aromatic rings. The van der Waals surface area contributed by atoms with E-state index in [4.69, 9.17) is 19.4 Å². The second-order valence-electron chi connectivity index (χ2n) is 10.7. The molecule has 5 rings (SSSR count). The van der Waals surface area contributed by atoms with Gasteiger partial charge in [-0.05, 0) is 77.5 Å². The minimum absolute atomic E-state index is 0.0263. The summed E-state index contributed by atoms with van der Waals surface area (Å²) in [5.74, 6) is 0.474. The minimum atomic E-state index is -0.712. The molecule has 1 saturated carbocycles. The number of carboxylic acids is 1. The molecule has 38 heavy (non-hydrogen) atoms. The van der Waals surface area contributed by atoms with Crippen molar-refractivity contribution in [1.82, 2.24) is 14.5 Å². The van der Waals surface area contributed by atoms with Crippen LogP contribution in [0.25, 0.3) is 11.0 Å². The zero-order chi connectivity index (χ0) is 27.0. The standard InChI is InChI=1S/C29H36N4O5/c1-17(2)38-26-7-5-6-20(30-26)16-25-31-27-22-13-8-18(3)32(29(36)37-4)23(22)14-15-24(27)33(25)21-11-9-19(10-12-21)28(34)35/h5-7,14-15,17-19,21H,8-13,16H2,1-4H3,(H,34,35)/t18-,19?,21?/m0/s1. The van der Waals surface area contributed by atoms with Crippen LogP contribution in [0.2, 0.25) is 0 Å². The Morgan fingerprint density at radius 3 is 2.53 bits per heavy atom. The lowest BCUT2D eigenvalue weighted by Crippen LogP contribution is -2.42. The number of aromatic nitrogens is 3. The van der Waals surface area contributed by atoms with Gasteiger partial charge in [-0.15, -0.1) is 0 Å². The molecule has 0 spiro atoms. The lowest BCUT2D eigenvalue weighted by Gasteiger charge is -2.34. The Hall–Kier alpha value is -3.62. The first kappa shape index (κ1) is 26.0. The van der Waals surface area contributed by atoms with E-state index >= 15 is 0 Å². The van der Waals surface area contributed by atoms with Crippen LogP contribution in [0, 0.1) is 5.92 Å². The van der Waals surface area contributed by atoms with Gasteiger partial charge in [0, 0.05) is 30.1 Å². The maximum Gasteiger partial charge on any atom is 0.414 e. The van der Waals surface area contributed by atoms with Gasteiger partial charge in [0.05, 0.1) is 41.5 Å². The first-order valence-corrected chi connectivity index (χ1v) is 13.5. The highest BCUT2D eigenvalue weighted by Crippen LogP contribution is 2.40. The normalized spacial score (nSPS) is 21.4. The molecule has 202 valence electrons. The molecule has 0 bridgehead atoms. The highest BCUT2D eigenvalue weighted by Gasteiger charge is 2.33. The molecular formula is C29H36N4O5. The van der Waals surface area contributed by atoms with E-state index in [1.807, 2.05) is 51.1 Å². The van der Waals surface area contributed by atoms with Gasteiger partial charge in [-0.1, -0.05) is 6.07 Å². The Labute approximate surface area is 222 Å². The van der Waals surface area contributed by atoms with Crippen LogP contribution in [0.1, 0.15) is 76.0 Å². The number of aliphatic carboxylic acids is 1. The number of carbonyl (C=O) groups is 2. The van der Waals surface area contributed by atoms with E-state index < -0.39 is 5.97 Å². The summed E-state index contributed by atoms with van der Waals surface area (Å²) in [6, 6.07) is 10.0. The summed E-state index contributed by atoms with van der Waals surface area (Å²) in [4.78, 5) is 35.9. The maximum atomic E-state index is 12.6. The van der Waals surface area contributed by atoms with Crippen molar-refractivity contribution in [2.75, 3.05) is 12.0 Å². The fourth-order valence-corrected chi connectivity index (χ4v) is 5.96. The van der Waals surface area contributed by atoms with Crippen LogP contribution in [0.4, 0.5) is 10.5 Å². The molecule has 2 aliphatic rings. The molecule has 1 amide bonds. The number of nitrogens with zero attached hydrogens (tertiary/aromatic N) is 4. The van der Waals surface area contributed by atoms with Crippen LogP contribution in [0.3, 0.4) is 0 Å². The Morgan fingerprint density at radius 1 is 1.08 bits per heavy atom. The average Bonchev–Trinajstić information content (AvgIpc) is 3.26. The van der Waals surface area contributed by atoms with Crippen molar-refractivity contribution in [3.05, 3.63) is 47.4 Å². The van der Waals surface area contributed by atoms with E-state index in [9.17, 15) is 14.7 Å². The van der Waals surface area contributed by atoms with Crippen LogP contribution in [0.5, 0.6) is 5.88 Å². The number of imidazole rings is 1. The number of ether oxygens (including phenoxy) is 2. The summed E-state index contributed by atoms with van der Waals surface area (Å²) in [7, 11) is 1.41. The molecule has 0 radical (unpaired) electrons. The fraction of sp³-hybridized carbons (Fsp3) is 0.517. The summed E-state index contributed by atoms with van der Waals surface area (Å²) in [5.41, 5.74) is 4.67. The molecule has 2 aromatic heterocycles. The number of rotatable bonds is 6. The lowest BCUT2D eigenvalue weighted by atomic mass is 9.85. The molecule has 9 heteroatoms. The van der Waals surface area contributed by atoms with Gasteiger partial charge >= 0.3 is 12.1 Å². The Balaban J connectivity index is 1.59. The first-order valence-electron chi connectivity index (χ1n) is 13.5. The number of anilines is 1. The highest BCUT2D eigenvalue weighted by atomic mass is 16.5. The fourth-order valence-electron chi connectivity index (χ4n) is 5.96. The van der Waals surface area contributed by atoms with Gasteiger partial charge in [0.1, 0.15) is 5.82 Å². The molecule has 1 aromatic carbocycles. The quantitative estimate of drug-likeness (QED) is 0.455. The van der Waals surface area contributed by atoms with Crippen molar-refractivity contribution in [1.29, 1.82) is 0 Å². The number of pyridine rings is 1. The van der Waals surface area contributed by atoms with Crippen LogP contribution in [0.15, 0.2) is 30.3 Å². The zero-order valence-electron chi connectivity index (χ0n) is 22.5. The van der Waals surface area contributed by atoms with Crippen molar-refractivity contribution in [3.63, 3.8) is 0 Å². The second-order valence-corrected chi connectivity index (χ2v) is 10.7. The van der Waals surface area contributed by atoms with Crippen molar-refractivity contribution >= 4 is 28.8 Å². The van der Waals surface area contributed by atoms with Gasteiger partial charge in [0.2, 0.25) is 5.88 Å². The zero-order valence-corrected chi connectivity index (χ0v) is 22.5. The maximum absolute atomic E-state index is 12.6. The summed E-state index contributed by atoms with van der Waals surface area (Å²) in [6.07, 6.45) is 4.68. The molecule has 3 heterocycles. The topological polar surface area (TPSA) is 107 Å². The summed E-state index contributed by atoms with van der Waals surface area (Å²) < 4.78 is 13.2. The number of carbonyl (C=O) groups excluding carboxylic acids is 1. The predicted octanol–water partition coefficient (Wildman–Crippen LogP) is 5.53. The molecular weight excluding hydrogens is 484 g/mol. The number of benzene rings is 1. The number of amides is 1. The summed E-state index contributed by atoms with van der Waals surface area (Å²) in [5, 5.41) is 9.53. The number of methoxy groups -OCH3 is 1. The molecule has 9 nitrogen and oxygen atoms in total. The molecule has 0 saturated heterocycles. The number of hydrogen-bond donors (Lipinski definition) is 1. The van der Waals surface area contributed by atoms with Crippen LogP contribution in [-0.4, -0.2) is 51.0 Å². The Bertz CT molecular complexity index is 1340. The van der Waals surface area contributed by atoms with E-state index in [-0.39, 0.29) is 30.2 Å². The van der Waals surface area contributed by atoms with E-state index in [0.717, 1.165) is 59.5 Å². The smallest absolute Gasteiger partial charge is 0.414 e. The van der Waals surface area contributed by atoms with Gasteiger partial charge in [-0.3, -0.25) is 9.69 Å². The minimum Gasteiger partial charge on any atom is -0.481 e. The van der Waals surface area contributed by atoms with Crippen molar-refractivity contribution in [2.24, 2.45) is 5.92 Å². The number of carboxylic acid groups (broad SMARTS) is 1. The van der Waals surface area contributed by atoms with Crippen molar-refractivity contribution in [2.45, 2.75) is 83.9 Å². The van der Waals surface area contributed by atoms with E-state index in [2.05, 4.69) is 4.57 Å².